The molecule has 0 spiro atoms. The molecular weight excluding hydrogens is 319 g/mol. The van der Waals surface area contributed by atoms with Gasteiger partial charge in [-0.05, 0) is 49.9 Å². The number of rotatable bonds is 2. The molecule has 6 nitrogen and oxygen atoms in total. The number of carbonyl (C=O) groups is 2. The lowest BCUT2D eigenvalue weighted by molar-refractivity contribution is -0.117. The van der Waals surface area contributed by atoms with E-state index in [-0.39, 0.29) is 11.7 Å². The number of benzene rings is 1. The molecule has 1 aromatic heterocycles. The van der Waals surface area contributed by atoms with Gasteiger partial charge in [-0.3, -0.25) is 9.59 Å². The summed E-state index contributed by atoms with van der Waals surface area (Å²) in [4.78, 5) is 24.7. The van der Waals surface area contributed by atoms with E-state index in [0.29, 0.717) is 27.1 Å². The zero-order chi connectivity index (χ0) is 16.7. The van der Waals surface area contributed by atoms with Crippen LogP contribution >= 0.6 is 11.8 Å². The minimum atomic E-state index is -0.391. The summed E-state index contributed by atoms with van der Waals surface area (Å²) in [6.45, 7) is 4.53. The van der Waals surface area contributed by atoms with Crippen LogP contribution < -0.4 is 5.01 Å². The number of aryl methyl sites for hydroxylation is 1. The number of Topliss-reactive ketones (excluding diaryl/α,β-unsaturated/α-hetero) is 1. The number of hydrogen-bond donors (Lipinski definition) is 0. The molecule has 23 heavy (non-hydrogen) atoms. The maximum Gasteiger partial charge on any atom is 0.243 e. The molecule has 0 fully saturated rings. The van der Waals surface area contributed by atoms with Crippen molar-refractivity contribution in [2.75, 3.05) is 5.01 Å². The molecule has 0 unspecified atom stereocenters. The fraction of sp³-hybridized carbons (Fsp3) is 0.200. The van der Waals surface area contributed by atoms with E-state index in [4.69, 9.17) is 0 Å². The predicted octanol–water partition coefficient (Wildman–Crippen LogP) is 2.27. The van der Waals surface area contributed by atoms with E-state index in [1.165, 1.54) is 43.1 Å². The average molecular weight is 332 g/mol. The average Bonchev–Trinajstić information content (AvgIpc) is 2.87. The number of aromatic nitrogens is 3. The van der Waals surface area contributed by atoms with E-state index in [9.17, 15) is 14.0 Å². The first-order valence-corrected chi connectivity index (χ1v) is 7.63. The van der Waals surface area contributed by atoms with Crippen molar-refractivity contribution >= 4 is 29.1 Å². The molecule has 1 aliphatic heterocycles. The van der Waals surface area contributed by atoms with Gasteiger partial charge in [-0.25, -0.2) is 14.1 Å². The number of allylic oxidation sites excluding steroid dienone is 1. The summed E-state index contributed by atoms with van der Waals surface area (Å²) >= 11 is 1.15. The maximum atomic E-state index is 13.2. The smallest absolute Gasteiger partial charge is 0.243 e. The second-order valence-corrected chi connectivity index (χ2v) is 5.99. The molecule has 0 N–H and O–H groups in total. The van der Waals surface area contributed by atoms with Crippen LogP contribution in [-0.4, -0.2) is 26.6 Å². The van der Waals surface area contributed by atoms with Crippen molar-refractivity contribution in [3.05, 3.63) is 46.4 Å². The fourth-order valence-electron chi connectivity index (χ4n) is 2.37. The Hall–Kier alpha value is -2.48. The third-order valence-corrected chi connectivity index (χ3v) is 4.45. The minimum Gasteiger partial charge on any atom is -0.294 e. The van der Waals surface area contributed by atoms with Gasteiger partial charge < -0.3 is 0 Å². The molecule has 0 saturated carbocycles. The topological polar surface area (TPSA) is 68.1 Å². The number of halogens is 1. The molecule has 3 rings (SSSR count). The first-order valence-electron chi connectivity index (χ1n) is 6.82. The second-order valence-electron chi connectivity index (χ2n) is 5.02. The summed E-state index contributed by atoms with van der Waals surface area (Å²) in [5.41, 5.74) is 0.975. The molecule has 0 atom stereocenters. The summed E-state index contributed by atoms with van der Waals surface area (Å²) in [6, 6.07) is 5.65. The van der Waals surface area contributed by atoms with Gasteiger partial charge in [0.2, 0.25) is 11.1 Å². The van der Waals surface area contributed by atoms with Crippen LogP contribution in [0.3, 0.4) is 0 Å². The van der Waals surface area contributed by atoms with Gasteiger partial charge in [-0.1, -0.05) is 0 Å². The number of thioether (sulfide) groups is 1. The van der Waals surface area contributed by atoms with Crippen molar-refractivity contribution in [2.45, 2.75) is 25.9 Å². The monoisotopic (exact) mass is 332 g/mol. The van der Waals surface area contributed by atoms with Gasteiger partial charge in [0, 0.05) is 12.5 Å². The number of carbonyl (C=O) groups excluding carboxylic acids is 2. The SMILES string of the molecule is CC(=O)C1=C(c2ccc(F)cc2)N(C(C)=O)n2c(C)nnc2S1. The van der Waals surface area contributed by atoms with Gasteiger partial charge in [-0.15, -0.1) is 10.2 Å². The van der Waals surface area contributed by atoms with Crippen LogP contribution in [0.2, 0.25) is 0 Å². The van der Waals surface area contributed by atoms with Crippen LogP contribution in [-0.2, 0) is 9.59 Å². The van der Waals surface area contributed by atoms with E-state index < -0.39 is 5.82 Å². The van der Waals surface area contributed by atoms with Gasteiger partial charge in [0.05, 0.1) is 10.6 Å². The van der Waals surface area contributed by atoms with Gasteiger partial charge >= 0.3 is 0 Å². The number of nitrogens with zero attached hydrogens (tertiary/aromatic N) is 4. The number of fused-ring (bicyclic) bond motifs is 1. The van der Waals surface area contributed by atoms with Crippen LogP contribution in [0.1, 0.15) is 25.2 Å². The predicted molar refractivity (Wildman–Crippen MR) is 83.5 cm³/mol. The highest BCUT2D eigenvalue weighted by atomic mass is 32.2. The number of ketones is 1. The highest BCUT2D eigenvalue weighted by molar-refractivity contribution is 8.04. The molecule has 0 bridgehead atoms. The van der Waals surface area contributed by atoms with Crippen molar-refractivity contribution in [3.63, 3.8) is 0 Å². The number of amides is 1. The first kappa shape index (κ1) is 15.4. The fourth-order valence-corrected chi connectivity index (χ4v) is 3.38. The zero-order valence-corrected chi connectivity index (χ0v) is 13.5. The highest BCUT2D eigenvalue weighted by Crippen LogP contribution is 2.39. The van der Waals surface area contributed by atoms with E-state index in [1.54, 1.807) is 11.6 Å². The first-order chi connectivity index (χ1) is 10.9. The Morgan fingerprint density at radius 2 is 1.78 bits per heavy atom. The van der Waals surface area contributed by atoms with Crippen LogP contribution in [0.4, 0.5) is 4.39 Å². The summed E-state index contributed by atoms with van der Waals surface area (Å²) in [7, 11) is 0. The van der Waals surface area contributed by atoms with Crippen molar-refractivity contribution in [1.82, 2.24) is 14.9 Å². The maximum absolute atomic E-state index is 13.2. The Bertz CT molecular complexity index is 842. The molecule has 0 aliphatic carbocycles. The molecule has 8 heteroatoms. The lowest BCUT2D eigenvalue weighted by atomic mass is 10.1. The molecular formula is C15H13FN4O2S. The Kier molecular flexibility index (Phi) is 3.77. The highest BCUT2D eigenvalue weighted by Gasteiger charge is 2.33. The lowest BCUT2D eigenvalue weighted by Crippen LogP contribution is -2.41. The van der Waals surface area contributed by atoms with Crippen LogP contribution in [0.5, 0.6) is 0 Å². The van der Waals surface area contributed by atoms with E-state index in [1.807, 2.05) is 0 Å². The van der Waals surface area contributed by atoms with Crippen molar-refractivity contribution in [1.29, 1.82) is 0 Å². The van der Waals surface area contributed by atoms with Crippen molar-refractivity contribution < 1.29 is 14.0 Å². The molecule has 2 aromatic rings. The Labute approximate surface area is 136 Å². The Morgan fingerprint density at radius 1 is 1.13 bits per heavy atom. The molecule has 0 saturated heterocycles. The summed E-state index contributed by atoms with van der Waals surface area (Å²) in [5.74, 6) is -0.373. The quantitative estimate of drug-likeness (QED) is 0.844. The van der Waals surface area contributed by atoms with Gasteiger partial charge in [0.1, 0.15) is 5.82 Å². The van der Waals surface area contributed by atoms with E-state index in [0.717, 1.165) is 11.8 Å². The van der Waals surface area contributed by atoms with Gasteiger partial charge in [0.25, 0.3) is 0 Å². The second kappa shape index (κ2) is 5.62. The molecule has 1 aliphatic rings. The summed E-state index contributed by atoms with van der Waals surface area (Å²) in [5, 5.41) is 9.76. The Balaban J connectivity index is 2.28. The summed E-state index contributed by atoms with van der Waals surface area (Å²) < 4.78 is 14.8. The molecule has 1 aromatic carbocycles. The largest absolute Gasteiger partial charge is 0.294 e. The zero-order valence-electron chi connectivity index (χ0n) is 12.7. The van der Waals surface area contributed by atoms with Gasteiger partial charge in [-0.2, -0.15) is 0 Å². The van der Waals surface area contributed by atoms with Crippen LogP contribution in [0, 0.1) is 12.7 Å². The molecule has 2 heterocycles. The summed E-state index contributed by atoms with van der Waals surface area (Å²) in [6.07, 6.45) is 0. The van der Waals surface area contributed by atoms with Crippen molar-refractivity contribution in [2.24, 2.45) is 0 Å². The molecule has 0 radical (unpaired) electrons. The third-order valence-electron chi connectivity index (χ3n) is 3.32. The standard InChI is InChI=1S/C15H13FN4O2S/c1-8(21)14-13(11-4-6-12(16)7-5-11)20(10(3)22)19-9(2)17-18-15(19)23-14/h4-7H,1-3H3. The van der Waals surface area contributed by atoms with E-state index >= 15 is 0 Å². The Morgan fingerprint density at radius 3 is 2.35 bits per heavy atom. The lowest BCUT2D eigenvalue weighted by Gasteiger charge is -2.31. The molecule has 1 amide bonds. The normalized spacial score (nSPS) is 14.0. The molecule has 118 valence electrons. The van der Waals surface area contributed by atoms with Crippen LogP contribution in [0.25, 0.3) is 5.70 Å². The van der Waals surface area contributed by atoms with Crippen molar-refractivity contribution in [3.8, 4) is 0 Å². The van der Waals surface area contributed by atoms with Gasteiger partial charge in [0.15, 0.2) is 11.6 Å². The van der Waals surface area contributed by atoms with E-state index in [2.05, 4.69) is 10.2 Å². The third kappa shape index (κ3) is 2.55. The van der Waals surface area contributed by atoms with Crippen LogP contribution in [0.15, 0.2) is 34.3 Å². The number of hydrogen-bond acceptors (Lipinski definition) is 5. The minimum absolute atomic E-state index is 0.201.